The SMILES string of the molecule is CCOc1cc(C#N)ccc1OC(=O)c1occc1C. The highest BCUT2D eigenvalue weighted by Gasteiger charge is 2.17. The highest BCUT2D eigenvalue weighted by atomic mass is 16.6. The quantitative estimate of drug-likeness (QED) is 0.631. The molecule has 0 N–H and O–H groups in total. The van der Waals surface area contributed by atoms with E-state index in [0.717, 1.165) is 0 Å². The third-order valence-corrected chi connectivity index (χ3v) is 2.62. The predicted molar refractivity (Wildman–Crippen MR) is 70.7 cm³/mol. The Balaban J connectivity index is 2.27. The van der Waals surface area contributed by atoms with Gasteiger partial charge in [0, 0.05) is 11.6 Å². The lowest BCUT2D eigenvalue weighted by molar-refractivity contribution is 0.0694. The van der Waals surface area contributed by atoms with Crippen LogP contribution >= 0.6 is 0 Å². The topological polar surface area (TPSA) is 72.5 Å². The molecule has 0 aliphatic carbocycles. The molecule has 0 aliphatic rings. The Morgan fingerprint density at radius 3 is 2.75 bits per heavy atom. The van der Waals surface area contributed by atoms with Gasteiger partial charge in [-0.2, -0.15) is 5.26 Å². The zero-order chi connectivity index (χ0) is 14.5. The highest BCUT2D eigenvalue weighted by molar-refractivity contribution is 5.89. The van der Waals surface area contributed by atoms with Crippen LogP contribution < -0.4 is 9.47 Å². The molecule has 0 saturated carbocycles. The number of hydrogen-bond donors (Lipinski definition) is 0. The van der Waals surface area contributed by atoms with Crippen LogP contribution in [0, 0.1) is 18.3 Å². The average Bonchev–Trinajstić information content (AvgIpc) is 2.87. The van der Waals surface area contributed by atoms with E-state index in [4.69, 9.17) is 19.2 Å². The summed E-state index contributed by atoms with van der Waals surface area (Å²) in [7, 11) is 0. The highest BCUT2D eigenvalue weighted by Crippen LogP contribution is 2.29. The number of esters is 1. The summed E-state index contributed by atoms with van der Waals surface area (Å²) in [5, 5.41) is 8.86. The summed E-state index contributed by atoms with van der Waals surface area (Å²) in [6.45, 7) is 3.96. The minimum Gasteiger partial charge on any atom is -0.490 e. The number of hydrogen-bond acceptors (Lipinski definition) is 5. The lowest BCUT2D eigenvalue weighted by Crippen LogP contribution is -2.10. The number of furan rings is 1. The third-order valence-electron chi connectivity index (χ3n) is 2.62. The van der Waals surface area contributed by atoms with E-state index in [1.54, 1.807) is 26.0 Å². The summed E-state index contributed by atoms with van der Waals surface area (Å²) in [6, 6.07) is 8.30. The Labute approximate surface area is 116 Å². The Kier molecular flexibility index (Phi) is 4.06. The number of nitriles is 1. The van der Waals surface area contributed by atoms with Crippen molar-refractivity contribution in [3.05, 3.63) is 47.4 Å². The second kappa shape index (κ2) is 5.93. The maximum absolute atomic E-state index is 12.0. The molecule has 1 aromatic carbocycles. The molecule has 5 nitrogen and oxygen atoms in total. The summed E-state index contributed by atoms with van der Waals surface area (Å²) in [4.78, 5) is 12.0. The number of nitrogens with zero attached hydrogens (tertiary/aromatic N) is 1. The number of aryl methyl sites for hydroxylation is 1. The molecule has 0 bridgehead atoms. The molecular formula is C15H13NO4. The van der Waals surface area contributed by atoms with E-state index in [1.807, 2.05) is 6.07 Å². The number of ether oxygens (including phenoxy) is 2. The van der Waals surface area contributed by atoms with Crippen molar-refractivity contribution in [3.8, 4) is 17.6 Å². The first kappa shape index (κ1) is 13.7. The largest absolute Gasteiger partial charge is 0.490 e. The van der Waals surface area contributed by atoms with Crippen LogP contribution in [0.1, 0.15) is 28.6 Å². The van der Waals surface area contributed by atoms with Crippen LogP contribution in [-0.4, -0.2) is 12.6 Å². The van der Waals surface area contributed by atoms with Crippen molar-refractivity contribution in [2.75, 3.05) is 6.61 Å². The van der Waals surface area contributed by atoms with Crippen LogP contribution in [0.4, 0.5) is 0 Å². The minimum atomic E-state index is -0.599. The summed E-state index contributed by atoms with van der Waals surface area (Å²) >= 11 is 0. The van der Waals surface area contributed by atoms with Crippen molar-refractivity contribution in [2.45, 2.75) is 13.8 Å². The lowest BCUT2D eigenvalue weighted by Gasteiger charge is -2.10. The first-order chi connectivity index (χ1) is 9.65. The lowest BCUT2D eigenvalue weighted by atomic mass is 10.2. The van der Waals surface area contributed by atoms with Gasteiger partial charge in [-0.05, 0) is 32.0 Å². The molecule has 0 saturated heterocycles. The normalized spacial score (nSPS) is 9.85. The van der Waals surface area contributed by atoms with Gasteiger partial charge in [0.1, 0.15) is 0 Å². The van der Waals surface area contributed by atoms with Crippen LogP contribution in [0.25, 0.3) is 0 Å². The molecule has 20 heavy (non-hydrogen) atoms. The number of carbonyl (C=O) groups excluding carboxylic acids is 1. The second-order valence-electron chi connectivity index (χ2n) is 4.03. The fraction of sp³-hybridized carbons (Fsp3) is 0.200. The van der Waals surface area contributed by atoms with E-state index in [-0.39, 0.29) is 11.5 Å². The number of benzene rings is 1. The first-order valence-corrected chi connectivity index (χ1v) is 6.09. The molecule has 0 atom stereocenters. The van der Waals surface area contributed by atoms with Crippen LogP contribution in [-0.2, 0) is 0 Å². The fourth-order valence-electron chi connectivity index (χ4n) is 1.66. The summed E-state index contributed by atoms with van der Waals surface area (Å²) in [6.07, 6.45) is 1.42. The standard InChI is InChI=1S/C15H13NO4/c1-3-18-13-8-11(9-16)4-5-12(13)20-15(17)14-10(2)6-7-19-14/h4-8H,3H2,1-2H3. The van der Waals surface area contributed by atoms with Crippen molar-refractivity contribution >= 4 is 5.97 Å². The van der Waals surface area contributed by atoms with Crippen LogP contribution in [0.15, 0.2) is 34.9 Å². The van der Waals surface area contributed by atoms with Gasteiger partial charge in [-0.3, -0.25) is 0 Å². The van der Waals surface area contributed by atoms with E-state index in [1.165, 1.54) is 18.4 Å². The number of carbonyl (C=O) groups is 1. The smallest absolute Gasteiger partial charge is 0.380 e. The molecule has 102 valence electrons. The predicted octanol–water partition coefficient (Wildman–Crippen LogP) is 3.08. The molecule has 1 heterocycles. The Bertz CT molecular complexity index is 667. The van der Waals surface area contributed by atoms with Gasteiger partial charge >= 0.3 is 5.97 Å². The van der Waals surface area contributed by atoms with Crippen molar-refractivity contribution in [3.63, 3.8) is 0 Å². The third kappa shape index (κ3) is 2.81. The van der Waals surface area contributed by atoms with Crippen molar-refractivity contribution in [1.82, 2.24) is 0 Å². The first-order valence-electron chi connectivity index (χ1n) is 6.09. The Hall–Kier alpha value is -2.74. The molecule has 0 aliphatic heterocycles. The monoisotopic (exact) mass is 271 g/mol. The van der Waals surface area contributed by atoms with Crippen molar-refractivity contribution in [1.29, 1.82) is 5.26 Å². The molecule has 2 aromatic rings. The maximum Gasteiger partial charge on any atom is 0.380 e. The van der Waals surface area contributed by atoms with E-state index >= 15 is 0 Å². The molecule has 0 radical (unpaired) electrons. The van der Waals surface area contributed by atoms with Gasteiger partial charge < -0.3 is 13.9 Å². The van der Waals surface area contributed by atoms with E-state index in [2.05, 4.69) is 0 Å². The zero-order valence-electron chi connectivity index (χ0n) is 11.2. The molecule has 5 heteroatoms. The van der Waals surface area contributed by atoms with Gasteiger partial charge in [0.15, 0.2) is 11.5 Å². The summed E-state index contributed by atoms with van der Waals surface area (Å²) < 4.78 is 15.7. The van der Waals surface area contributed by atoms with Gasteiger partial charge in [-0.15, -0.1) is 0 Å². The molecule has 1 aromatic heterocycles. The van der Waals surface area contributed by atoms with Crippen LogP contribution in [0.5, 0.6) is 11.5 Å². The molecule has 0 unspecified atom stereocenters. The Morgan fingerprint density at radius 1 is 1.35 bits per heavy atom. The number of rotatable bonds is 4. The zero-order valence-corrected chi connectivity index (χ0v) is 11.2. The van der Waals surface area contributed by atoms with E-state index < -0.39 is 5.97 Å². The van der Waals surface area contributed by atoms with Gasteiger partial charge in [-0.25, -0.2) is 4.79 Å². The average molecular weight is 271 g/mol. The summed E-state index contributed by atoms with van der Waals surface area (Å²) in [5.41, 5.74) is 1.13. The van der Waals surface area contributed by atoms with E-state index in [0.29, 0.717) is 23.5 Å². The van der Waals surface area contributed by atoms with Gasteiger partial charge in [0.2, 0.25) is 5.76 Å². The van der Waals surface area contributed by atoms with Gasteiger partial charge in [0.25, 0.3) is 0 Å². The maximum atomic E-state index is 12.0. The molecular weight excluding hydrogens is 258 g/mol. The van der Waals surface area contributed by atoms with E-state index in [9.17, 15) is 4.79 Å². The minimum absolute atomic E-state index is 0.150. The molecule has 2 rings (SSSR count). The molecule has 0 amide bonds. The van der Waals surface area contributed by atoms with Gasteiger partial charge in [0.05, 0.1) is 24.5 Å². The van der Waals surface area contributed by atoms with Crippen molar-refractivity contribution in [2.24, 2.45) is 0 Å². The molecule has 0 spiro atoms. The van der Waals surface area contributed by atoms with Crippen molar-refractivity contribution < 1.29 is 18.7 Å². The van der Waals surface area contributed by atoms with Gasteiger partial charge in [-0.1, -0.05) is 0 Å². The Morgan fingerprint density at radius 2 is 2.15 bits per heavy atom. The summed E-state index contributed by atoms with van der Waals surface area (Å²) in [5.74, 6) is 0.158. The molecule has 0 fully saturated rings. The van der Waals surface area contributed by atoms with Crippen LogP contribution in [0.2, 0.25) is 0 Å². The fourth-order valence-corrected chi connectivity index (χ4v) is 1.66. The van der Waals surface area contributed by atoms with Crippen LogP contribution in [0.3, 0.4) is 0 Å². The second-order valence-corrected chi connectivity index (χ2v) is 4.03.